The molecule has 0 aromatic heterocycles. The molecule has 9 rings (SSSR count). The molecule has 0 radical (unpaired) electrons. The number of phenols is 2. The van der Waals surface area contributed by atoms with Crippen molar-refractivity contribution in [2.75, 3.05) is 0 Å². The fourth-order valence-electron chi connectivity index (χ4n) is 9.00. The predicted octanol–water partition coefficient (Wildman–Crippen LogP) is 9.75. The smallest absolute Gasteiger partial charge is 0.321 e. The molecule has 2 N–H and O–H groups in total. The van der Waals surface area contributed by atoms with Crippen LogP contribution < -0.4 is 9.47 Å². The van der Waals surface area contributed by atoms with Gasteiger partial charge in [-0.2, -0.15) is 0 Å². The van der Waals surface area contributed by atoms with Crippen LogP contribution in [0.2, 0.25) is 0 Å². The van der Waals surface area contributed by atoms with Crippen molar-refractivity contribution >= 4 is 6.03 Å². The summed E-state index contributed by atoms with van der Waals surface area (Å²) < 4.78 is 26.2. The number of hydrogen-bond acceptors (Lipinski definition) is 7. The fourth-order valence-corrected chi connectivity index (χ4v) is 9.00. The number of fused-ring (bicyclic) bond motifs is 2. The molecule has 6 aromatic rings. The fraction of sp³-hybridized carbons (Fsp3) is 0.275. The minimum absolute atomic E-state index is 0.0733. The second kappa shape index (κ2) is 16.4. The first-order valence-corrected chi connectivity index (χ1v) is 20.7. The largest absolute Gasteiger partial charge is 0.508 e. The molecule has 2 heterocycles. The Labute approximate surface area is 351 Å². The van der Waals surface area contributed by atoms with Crippen molar-refractivity contribution < 1.29 is 34.0 Å². The van der Waals surface area contributed by atoms with Crippen LogP contribution in [-0.2, 0) is 42.2 Å². The lowest BCUT2D eigenvalue weighted by molar-refractivity contribution is -0.159. The van der Waals surface area contributed by atoms with Crippen LogP contribution in [-0.4, -0.2) is 55.6 Å². The van der Waals surface area contributed by atoms with Gasteiger partial charge in [0, 0.05) is 19.0 Å². The van der Waals surface area contributed by atoms with E-state index >= 15 is 4.79 Å². The molecule has 1 aliphatic carbocycles. The van der Waals surface area contributed by atoms with Gasteiger partial charge in [-0.3, -0.25) is 0 Å². The lowest BCUT2D eigenvalue weighted by Crippen LogP contribution is -2.52. The number of rotatable bonds is 13. The molecule has 2 unspecified atom stereocenters. The number of carbonyl (C=O) groups excluding carboxylic acids is 1. The lowest BCUT2D eigenvalue weighted by atomic mass is 9.90. The van der Waals surface area contributed by atoms with Gasteiger partial charge in [-0.25, -0.2) is 4.79 Å². The zero-order valence-electron chi connectivity index (χ0n) is 33.9. The van der Waals surface area contributed by atoms with Crippen LogP contribution >= 0.6 is 0 Å². The summed E-state index contributed by atoms with van der Waals surface area (Å²) in [7, 11) is 0. The molecule has 2 aliphatic heterocycles. The summed E-state index contributed by atoms with van der Waals surface area (Å²) in [5.41, 5.74) is 5.30. The van der Waals surface area contributed by atoms with E-state index in [2.05, 4.69) is 0 Å². The first kappa shape index (κ1) is 39.2. The van der Waals surface area contributed by atoms with Crippen LogP contribution in [0.1, 0.15) is 59.6 Å². The molecule has 9 nitrogen and oxygen atoms in total. The Morgan fingerprint density at radius 3 is 1.65 bits per heavy atom. The van der Waals surface area contributed by atoms with Crippen LogP contribution in [0.3, 0.4) is 0 Å². The third-order valence-corrected chi connectivity index (χ3v) is 12.1. The highest BCUT2D eigenvalue weighted by Gasteiger charge is 2.72. The number of ether oxygens (including phenoxy) is 4. The van der Waals surface area contributed by atoms with Gasteiger partial charge in [0.2, 0.25) is 0 Å². The van der Waals surface area contributed by atoms with Gasteiger partial charge in [-0.1, -0.05) is 109 Å². The average Bonchev–Trinajstić information content (AvgIpc) is 3.94. The highest BCUT2D eigenvalue weighted by atomic mass is 16.8. The zero-order valence-corrected chi connectivity index (χ0v) is 33.9. The summed E-state index contributed by atoms with van der Waals surface area (Å²) in [5, 5.41) is 20.5. The Bertz CT molecular complexity index is 2370. The second-order valence-electron chi connectivity index (χ2n) is 16.6. The molecule has 3 aliphatic rings. The molecular formula is C51H50N2O7. The molecule has 0 bridgehead atoms. The average molecular weight is 803 g/mol. The highest BCUT2D eigenvalue weighted by molar-refractivity contribution is 5.78. The maximum atomic E-state index is 15.8. The number of carbonyl (C=O) groups is 1. The molecule has 306 valence electrons. The number of nitrogens with zero attached hydrogens (tertiary/aromatic N) is 2. The Hall–Kier alpha value is -6.29. The number of hydrogen-bond donors (Lipinski definition) is 2. The summed E-state index contributed by atoms with van der Waals surface area (Å²) >= 11 is 0. The number of aromatic hydroxyl groups is 2. The van der Waals surface area contributed by atoms with Crippen LogP contribution in [0.4, 0.5) is 4.79 Å². The zero-order chi connectivity index (χ0) is 41.3. The van der Waals surface area contributed by atoms with Crippen molar-refractivity contribution in [3.05, 3.63) is 191 Å². The highest BCUT2D eigenvalue weighted by Crippen LogP contribution is 2.63. The minimum atomic E-state index is -0.926. The maximum Gasteiger partial charge on any atom is 0.321 e. The molecule has 9 heteroatoms. The van der Waals surface area contributed by atoms with Gasteiger partial charge in [0.1, 0.15) is 48.4 Å². The monoisotopic (exact) mass is 802 g/mol. The van der Waals surface area contributed by atoms with Crippen molar-refractivity contribution in [2.24, 2.45) is 0 Å². The van der Waals surface area contributed by atoms with Gasteiger partial charge in [0.05, 0.1) is 11.6 Å². The first-order chi connectivity index (χ1) is 29.1. The van der Waals surface area contributed by atoms with Gasteiger partial charge < -0.3 is 39.0 Å². The van der Waals surface area contributed by atoms with E-state index in [0.29, 0.717) is 39.1 Å². The van der Waals surface area contributed by atoms with E-state index in [1.54, 1.807) is 24.3 Å². The van der Waals surface area contributed by atoms with E-state index in [0.717, 1.165) is 44.9 Å². The Balaban J connectivity index is 1.09. The molecule has 1 spiro atoms. The van der Waals surface area contributed by atoms with E-state index in [1.807, 2.05) is 157 Å². The van der Waals surface area contributed by atoms with Crippen LogP contribution in [0, 0.1) is 0 Å². The number of benzene rings is 6. The van der Waals surface area contributed by atoms with Crippen LogP contribution in [0.5, 0.6) is 23.0 Å². The van der Waals surface area contributed by atoms with Gasteiger partial charge in [0.15, 0.2) is 5.79 Å². The third kappa shape index (κ3) is 8.28. The second-order valence-corrected chi connectivity index (χ2v) is 16.6. The lowest BCUT2D eigenvalue weighted by Gasteiger charge is -2.38. The Morgan fingerprint density at radius 1 is 0.600 bits per heavy atom. The predicted molar refractivity (Wildman–Crippen MR) is 229 cm³/mol. The van der Waals surface area contributed by atoms with Crippen LogP contribution in [0.15, 0.2) is 158 Å². The topological polar surface area (TPSA) is 101 Å². The molecular weight excluding hydrogens is 753 g/mol. The van der Waals surface area contributed by atoms with E-state index in [-0.39, 0.29) is 23.4 Å². The summed E-state index contributed by atoms with van der Waals surface area (Å²) in [6.45, 7) is 5.45. The molecule has 2 amide bonds. The summed E-state index contributed by atoms with van der Waals surface area (Å²) in [6, 6.07) is 50.0. The molecule has 60 heavy (non-hydrogen) atoms. The van der Waals surface area contributed by atoms with Gasteiger partial charge in [0.25, 0.3) is 0 Å². The van der Waals surface area contributed by atoms with Crippen molar-refractivity contribution in [3.8, 4) is 23.0 Å². The number of amides is 2. The third-order valence-electron chi connectivity index (χ3n) is 12.1. The van der Waals surface area contributed by atoms with E-state index in [1.165, 1.54) is 0 Å². The Kier molecular flexibility index (Phi) is 10.7. The summed E-state index contributed by atoms with van der Waals surface area (Å²) in [6.07, 6.45) is 0.165. The van der Waals surface area contributed by atoms with Crippen molar-refractivity contribution in [1.29, 1.82) is 0 Å². The first-order valence-electron chi connectivity index (χ1n) is 20.7. The summed E-state index contributed by atoms with van der Waals surface area (Å²) in [5.74, 6) is 0.854. The van der Waals surface area contributed by atoms with E-state index in [9.17, 15) is 10.2 Å². The quantitative estimate of drug-likeness (QED) is 0.120. The van der Waals surface area contributed by atoms with Gasteiger partial charge >= 0.3 is 6.03 Å². The van der Waals surface area contributed by atoms with Gasteiger partial charge in [-0.15, -0.1) is 0 Å². The molecule has 1 saturated carbocycles. The van der Waals surface area contributed by atoms with Gasteiger partial charge in [-0.05, 0) is 109 Å². The standard InChI is InChI=1S/C51H50N2O7/c1-50(2)59-47-46(29-35-13-21-41(54)22-14-35)52(31-36-15-25-43(26-16-36)57-33-38-9-5-3-6-10-38)49(56)53(51(48(47)60-50)30-45(51)40-19-23-42(55)24-20-40)32-37-17-27-44(28-18-37)58-34-39-11-7-4-8-12-39/h3-28,45-48,54-55H,29-34H2,1-2H3/t45?,46-,47+,48-,51?/m1/s1. The maximum absolute atomic E-state index is 15.8. The van der Waals surface area contributed by atoms with Crippen LogP contribution in [0.25, 0.3) is 0 Å². The van der Waals surface area contributed by atoms with Crippen molar-refractivity contribution in [1.82, 2.24) is 9.80 Å². The number of urea groups is 1. The van der Waals surface area contributed by atoms with Crippen molar-refractivity contribution in [3.63, 3.8) is 0 Å². The molecule has 5 atom stereocenters. The molecule has 6 aromatic carbocycles. The van der Waals surface area contributed by atoms with E-state index < -0.39 is 29.6 Å². The summed E-state index contributed by atoms with van der Waals surface area (Å²) in [4.78, 5) is 19.7. The van der Waals surface area contributed by atoms with E-state index in [4.69, 9.17) is 18.9 Å². The normalized spacial score (nSPS) is 22.9. The number of phenolic OH excluding ortho intramolecular Hbond substituents is 2. The SMILES string of the molecule is CC1(C)O[C@H]2[C@@H](Cc3ccc(O)cc3)N(Cc3ccc(OCc4ccccc4)cc3)C(=O)N(Cc3ccc(OCc4ccccc4)cc3)C3(CC3c3ccc(O)cc3)[C@@H]2O1. The molecule has 2 saturated heterocycles. The van der Waals surface area contributed by atoms with Crippen molar-refractivity contribution in [2.45, 2.75) is 88.5 Å². The molecule has 3 fully saturated rings. The minimum Gasteiger partial charge on any atom is -0.508 e. The Morgan fingerprint density at radius 2 is 1.10 bits per heavy atom.